The zero-order valence-corrected chi connectivity index (χ0v) is 21.9. The Balaban J connectivity index is 6.89. The van der Waals surface area contributed by atoms with Gasteiger partial charge < -0.3 is 28.4 Å². The number of ether oxygens (including phenoxy) is 6. The first-order valence-electron chi connectivity index (χ1n) is 12.0. The van der Waals surface area contributed by atoms with E-state index < -0.39 is 66.8 Å². The van der Waals surface area contributed by atoms with E-state index in [4.69, 9.17) is 28.4 Å². The monoisotopic (exact) mass is 518 g/mol. The van der Waals surface area contributed by atoms with Crippen molar-refractivity contribution in [3.8, 4) is 0 Å². The summed E-state index contributed by atoms with van der Waals surface area (Å²) in [6, 6.07) is 0. The molecule has 0 aliphatic heterocycles. The third-order valence-electron chi connectivity index (χ3n) is 4.95. The lowest BCUT2D eigenvalue weighted by Crippen LogP contribution is -2.61. The molecule has 0 bridgehead atoms. The minimum atomic E-state index is -2.07. The highest BCUT2D eigenvalue weighted by Crippen LogP contribution is 2.34. The lowest BCUT2D eigenvalue weighted by Gasteiger charge is -2.43. The van der Waals surface area contributed by atoms with Crippen molar-refractivity contribution in [3.05, 3.63) is 0 Å². The molecule has 12 nitrogen and oxygen atoms in total. The summed E-state index contributed by atoms with van der Waals surface area (Å²) in [7, 11) is 0. The van der Waals surface area contributed by atoms with Crippen LogP contribution in [0.1, 0.15) is 80.1 Å². The largest absolute Gasteiger partial charge is 0.466 e. The molecule has 0 aromatic carbocycles. The molecule has 0 aromatic rings. The van der Waals surface area contributed by atoms with Gasteiger partial charge in [0.25, 0.3) is 0 Å². The van der Waals surface area contributed by atoms with Gasteiger partial charge in [-0.05, 0) is 6.92 Å². The lowest BCUT2D eigenvalue weighted by molar-refractivity contribution is -0.230. The SMILES string of the molecule is CCOC(=O)CCC(OC(=O)CC)(C(COC(C)=O)OC(=O)CC)C(COC(=O)CC)OC(=O)CC. The molecule has 0 saturated heterocycles. The van der Waals surface area contributed by atoms with E-state index in [-0.39, 0.29) is 45.1 Å². The van der Waals surface area contributed by atoms with Gasteiger partial charge in [0.2, 0.25) is 0 Å². The first-order valence-corrected chi connectivity index (χ1v) is 12.0. The van der Waals surface area contributed by atoms with Crippen LogP contribution in [0, 0.1) is 0 Å². The van der Waals surface area contributed by atoms with E-state index in [9.17, 15) is 28.8 Å². The van der Waals surface area contributed by atoms with Crippen LogP contribution in [-0.4, -0.2) is 73.4 Å². The molecular formula is C24H38O12. The average Bonchev–Trinajstić information content (AvgIpc) is 2.85. The molecule has 0 aromatic heterocycles. The summed E-state index contributed by atoms with van der Waals surface area (Å²) in [4.78, 5) is 73.1. The Hall–Kier alpha value is -3.18. The van der Waals surface area contributed by atoms with Crippen molar-refractivity contribution in [2.45, 2.75) is 97.9 Å². The Morgan fingerprint density at radius 2 is 1.08 bits per heavy atom. The van der Waals surface area contributed by atoms with Crippen LogP contribution >= 0.6 is 0 Å². The smallest absolute Gasteiger partial charge is 0.306 e. The van der Waals surface area contributed by atoms with Gasteiger partial charge in [0.15, 0.2) is 17.8 Å². The molecule has 3 atom stereocenters. The standard InChI is InChI=1S/C24H38O12/c1-7-19(26)33-15-18(35-21(28)9-3)24(36-22(29)10-4,13-12-23(30)31-11-5)17(14-32-16(6)25)34-20(27)8-2/h17-18H,7-15H2,1-6H3. The van der Waals surface area contributed by atoms with E-state index in [2.05, 4.69) is 0 Å². The summed E-state index contributed by atoms with van der Waals surface area (Å²) >= 11 is 0. The number of hydrogen-bond donors (Lipinski definition) is 0. The minimum Gasteiger partial charge on any atom is -0.466 e. The van der Waals surface area contributed by atoms with Gasteiger partial charge in [0.05, 0.1) is 6.61 Å². The summed E-state index contributed by atoms with van der Waals surface area (Å²) in [5, 5.41) is 0. The normalized spacial score (nSPS) is 13.8. The highest BCUT2D eigenvalue weighted by Gasteiger charge is 2.54. The maximum atomic E-state index is 12.6. The maximum absolute atomic E-state index is 12.6. The minimum absolute atomic E-state index is 0.000709. The van der Waals surface area contributed by atoms with Crippen molar-refractivity contribution in [2.24, 2.45) is 0 Å². The molecular weight excluding hydrogens is 480 g/mol. The van der Waals surface area contributed by atoms with Crippen LogP contribution in [0.15, 0.2) is 0 Å². The molecule has 0 heterocycles. The zero-order valence-electron chi connectivity index (χ0n) is 21.9. The number of carbonyl (C=O) groups is 6. The van der Waals surface area contributed by atoms with Crippen LogP contribution in [0.4, 0.5) is 0 Å². The summed E-state index contributed by atoms with van der Waals surface area (Å²) in [6.07, 6.45) is -4.07. The lowest BCUT2D eigenvalue weighted by atomic mass is 9.84. The van der Waals surface area contributed by atoms with Crippen molar-refractivity contribution in [3.63, 3.8) is 0 Å². The van der Waals surface area contributed by atoms with E-state index in [1.54, 1.807) is 13.8 Å². The zero-order chi connectivity index (χ0) is 27.7. The Morgan fingerprint density at radius 3 is 1.50 bits per heavy atom. The Morgan fingerprint density at radius 1 is 0.611 bits per heavy atom. The van der Waals surface area contributed by atoms with Gasteiger partial charge in [-0.15, -0.1) is 0 Å². The van der Waals surface area contributed by atoms with E-state index in [1.165, 1.54) is 20.8 Å². The second-order valence-corrected chi connectivity index (χ2v) is 7.59. The first-order chi connectivity index (χ1) is 17.0. The molecule has 0 fully saturated rings. The fourth-order valence-corrected chi connectivity index (χ4v) is 3.02. The van der Waals surface area contributed by atoms with Crippen molar-refractivity contribution in [1.29, 1.82) is 0 Å². The highest BCUT2D eigenvalue weighted by molar-refractivity contribution is 5.73. The van der Waals surface area contributed by atoms with Crippen molar-refractivity contribution in [1.82, 2.24) is 0 Å². The van der Waals surface area contributed by atoms with Gasteiger partial charge >= 0.3 is 35.8 Å². The van der Waals surface area contributed by atoms with Crippen LogP contribution in [-0.2, 0) is 57.2 Å². The van der Waals surface area contributed by atoms with E-state index >= 15 is 0 Å². The molecule has 3 unspecified atom stereocenters. The van der Waals surface area contributed by atoms with Gasteiger partial charge in [-0.1, -0.05) is 27.7 Å². The van der Waals surface area contributed by atoms with Gasteiger partial charge in [0.1, 0.15) is 13.2 Å². The van der Waals surface area contributed by atoms with Crippen LogP contribution < -0.4 is 0 Å². The molecule has 0 spiro atoms. The van der Waals surface area contributed by atoms with Crippen LogP contribution in [0.5, 0.6) is 0 Å². The van der Waals surface area contributed by atoms with Crippen LogP contribution in [0.25, 0.3) is 0 Å². The van der Waals surface area contributed by atoms with Gasteiger partial charge in [-0.3, -0.25) is 28.8 Å². The number of hydrogen-bond acceptors (Lipinski definition) is 12. The quantitative estimate of drug-likeness (QED) is 0.204. The molecule has 0 amide bonds. The topological polar surface area (TPSA) is 158 Å². The number of rotatable bonds is 17. The number of carbonyl (C=O) groups excluding carboxylic acids is 6. The molecule has 12 heteroatoms. The van der Waals surface area contributed by atoms with Crippen molar-refractivity contribution in [2.75, 3.05) is 19.8 Å². The summed E-state index contributed by atoms with van der Waals surface area (Å²) in [5.74, 6) is -4.32. The first kappa shape index (κ1) is 32.8. The fraction of sp³-hybridized carbons (Fsp3) is 0.750. The molecule has 0 aliphatic carbocycles. The molecule has 0 saturated carbocycles. The van der Waals surface area contributed by atoms with E-state index in [0.717, 1.165) is 6.92 Å². The molecule has 206 valence electrons. The van der Waals surface area contributed by atoms with Crippen LogP contribution in [0.2, 0.25) is 0 Å². The van der Waals surface area contributed by atoms with Gasteiger partial charge in [-0.2, -0.15) is 0 Å². The molecule has 0 rings (SSSR count). The molecule has 36 heavy (non-hydrogen) atoms. The second kappa shape index (κ2) is 17.3. The average molecular weight is 519 g/mol. The Labute approximate surface area is 211 Å². The van der Waals surface area contributed by atoms with Crippen molar-refractivity contribution >= 4 is 35.8 Å². The Kier molecular flexibility index (Phi) is 15.8. The third kappa shape index (κ3) is 11.5. The summed E-state index contributed by atoms with van der Waals surface area (Å²) < 4.78 is 32.0. The van der Waals surface area contributed by atoms with E-state index in [0.29, 0.717) is 0 Å². The fourth-order valence-electron chi connectivity index (χ4n) is 3.02. The predicted molar refractivity (Wildman–Crippen MR) is 123 cm³/mol. The second-order valence-electron chi connectivity index (χ2n) is 7.59. The molecule has 0 aliphatic rings. The van der Waals surface area contributed by atoms with Gasteiger partial charge in [0, 0.05) is 45.4 Å². The van der Waals surface area contributed by atoms with E-state index in [1.807, 2.05) is 0 Å². The molecule has 0 radical (unpaired) electrons. The highest BCUT2D eigenvalue weighted by atomic mass is 16.6. The maximum Gasteiger partial charge on any atom is 0.306 e. The Bertz CT molecular complexity index is 762. The third-order valence-corrected chi connectivity index (χ3v) is 4.95. The van der Waals surface area contributed by atoms with Crippen molar-refractivity contribution < 1.29 is 57.2 Å². The molecule has 0 N–H and O–H groups in total. The number of esters is 6. The van der Waals surface area contributed by atoms with Crippen LogP contribution in [0.3, 0.4) is 0 Å². The van der Waals surface area contributed by atoms with Gasteiger partial charge in [-0.25, -0.2) is 0 Å². The predicted octanol–water partition coefficient (Wildman–Crippen LogP) is 2.18. The summed E-state index contributed by atoms with van der Waals surface area (Å²) in [5.41, 5.74) is -2.07. The summed E-state index contributed by atoms with van der Waals surface area (Å²) in [6.45, 7) is 7.70.